The van der Waals surface area contributed by atoms with Crippen molar-refractivity contribution in [1.29, 1.82) is 5.41 Å². The molecule has 0 aliphatic carbocycles. The summed E-state index contributed by atoms with van der Waals surface area (Å²) in [5.41, 5.74) is -0.379. The third-order valence-corrected chi connectivity index (χ3v) is 8.37. The van der Waals surface area contributed by atoms with Crippen LogP contribution in [0.25, 0.3) is 10.4 Å². The van der Waals surface area contributed by atoms with Gasteiger partial charge in [0.1, 0.15) is 22.9 Å². The van der Waals surface area contributed by atoms with Crippen molar-refractivity contribution in [3.63, 3.8) is 0 Å². The Labute approximate surface area is 157 Å². The predicted octanol–water partition coefficient (Wildman–Crippen LogP) is 4.67. The molecule has 1 aromatic carbocycles. The van der Waals surface area contributed by atoms with Gasteiger partial charge in [0.2, 0.25) is 0 Å². The summed E-state index contributed by atoms with van der Waals surface area (Å²) in [6, 6.07) is 4.95. The lowest BCUT2D eigenvalue weighted by Gasteiger charge is -2.43. The van der Waals surface area contributed by atoms with Gasteiger partial charge in [-0.05, 0) is 55.7 Å². The minimum absolute atomic E-state index is 0.183. The first-order valence-electron chi connectivity index (χ1n) is 7.55. The Bertz CT molecular complexity index is 835. The topological polar surface area (TPSA) is 58.9 Å². The average Bonchev–Trinajstić information content (AvgIpc) is 2.87. The Kier molecular flexibility index (Phi) is 4.64. The molecule has 0 bridgehead atoms. The molecule has 1 unspecified atom stereocenters. The van der Waals surface area contributed by atoms with Gasteiger partial charge in [-0.15, -0.1) is 11.3 Å². The standard InChI is InChI=1S/C17H17ClF2N2OS2/c1-16(2)15(21)22-17(3,8-25(16)23)14-12(18)7-13(24-14)9-4-10(19)6-11(20)5-9/h4-7H,8H2,1-3H3,(H2,21,22)/t17-,25?/m0/s1. The first-order valence-corrected chi connectivity index (χ1v) is 10.1. The summed E-state index contributed by atoms with van der Waals surface area (Å²) in [5, 5.41) is 11.7. The van der Waals surface area contributed by atoms with Crippen LogP contribution in [-0.2, 0) is 16.7 Å². The highest BCUT2D eigenvalue weighted by molar-refractivity contribution is 7.93. The third-order valence-electron chi connectivity index (χ3n) is 4.33. The molecule has 2 atom stereocenters. The number of nitrogens with one attached hydrogen (secondary N) is 2. The van der Waals surface area contributed by atoms with Crippen molar-refractivity contribution >= 4 is 39.9 Å². The first kappa shape index (κ1) is 18.6. The third kappa shape index (κ3) is 3.30. The molecule has 1 fully saturated rings. The van der Waals surface area contributed by atoms with Crippen LogP contribution in [0, 0.1) is 17.0 Å². The van der Waals surface area contributed by atoms with E-state index in [0.29, 0.717) is 26.1 Å². The van der Waals surface area contributed by atoms with Crippen LogP contribution in [0.2, 0.25) is 5.02 Å². The van der Waals surface area contributed by atoms with E-state index in [1.807, 2.05) is 6.92 Å². The Morgan fingerprint density at radius 2 is 1.80 bits per heavy atom. The molecule has 0 amide bonds. The van der Waals surface area contributed by atoms with Crippen molar-refractivity contribution in [1.82, 2.24) is 5.32 Å². The van der Waals surface area contributed by atoms with E-state index in [1.54, 1.807) is 19.9 Å². The van der Waals surface area contributed by atoms with Crippen LogP contribution >= 0.6 is 22.9 Å². The zero-order chi connectivity index (χ0) is 18.6. The SMILES string of the molecule is CC1(C)C(=N)N[C@](C)(c2sc(-c3cc(F)cc(F)c3)cc2Cl)C[S+]1[O-]. The van der Waals surface area contributed by atoms with Crippen LogP contribution < -0.4 is 5.32 Å². The van der Waals surface area contributed by atoms with Gasteiger partial charge in [0.05, 0.1) is 9.90 Å². The van der Waals surface area contributed by atoms with Crippen LogP contribution in [0.1, 0.15) is 25.6 Å². The maximum absolute atomic E-state index is 13.5. The number of rotatable bonds is 2. The van der Waals surface area contributed by atoms with Crippen molar-refractivity contribution in [3.8, 4) is 10.4 Å². The summed E-state index contributed by atoms with van der Waals surface area (Å²) in [5.74, 6) is -0.845. The van der Waals surface area contributed by atoms with Crippen molar-refractivity contribution in [2.24, 2.45) is 0 Å². The van der Waals surface area contributed by atoms with Crippen LogP contribution in [0.4, 0.5) is 8.78 Å². The zero-order valence-corrected chi connectivity index (χ0v) is 16.3. The van der Waals surface area contributed by atoms with E-state index in [4.69, 9.17) is 17.0 Å². The Balaban J connectivity index is 2.02. The monoisotopic (exact) mass is 402 g/mol. The summed E-state index contributed by atoms with van der Waals surface area (Å²) in [4.78, 5) is 1.31. The number of amidine groups is 1. The normalized spacial score (nSPS) is 25.7. The molecule has 0 saturated carbocycles. The van der Waals surface area contributed by atoms with E-state index in [1.165, 1.54) is 23.5 Å². The molecule has 1 aromatic heterocycles. The van der Waals surface area contributed by atoms with Crippen LogP contribution in [0.15, 0.2) is 24.3 Å². The Morgan fingerprint density at radius 1 is 1.20 bits per heavy atom. The van der Waals surface area contributed by atoms with Gasteiger partial charge in [-0.3, -0.25) is 5.41 Å². The smallest absolute Gasteiger partial charge is 0.176 e. The molecule has 2 N–H and O–H groups in total. The fraction of sp³-hybridized carbons (Fsp3) is 0.353. The van der Waals surface area contributed by atoms with Crippen molar-refractivity contribution in [2.45, 2.75) is 31.1 Å². The minimum Gasteiger partial charge on any atom is -0.616 e. The number of benzene rings is 1. The highest BCUT2D eigenvalue weighted by atomic mass is 35.5. The molecule has 0 radical (unpaired) electrons. The second kappa shape index (κ2) is 6.23. The molecule has 134 valence electrons. The van der Waals surface area contributed by atoms with E-state index < -0.39 is 33.1 Å². The Hall–Kier alpha value is -1.15. The lowest BCUT2D eigenvalue weighted by Crippen LogP contribution is -2.63. The van der Waals surface area contributed by atoms with E-state index >= 15 is 0 Å². The largest absolute Gasteiger partial charge is 0.616 e. The van der Waals surface area contributed by atoms with Gasteiger partial charge in [0, 0.05) is 10.9 Å². The van der Waals surface area contributed by atoms with Crippen molar-refractivity contribution < 1.29 is 13.3 Å². The molecule has 2 heterocycles. The van der Waals surface area contributed by atoms with Crippen LogP contribution in [0.5, 0.6) is 0 Å². The summed E-state index contributed by atoms with van der Waals surface area (Å²) in [6.45, 7) is 5.35. The van der Waals surface area contributed by atoms with Crippen LogP contribution in [0.3, 0.4) is 0 Å². The van der Waals surface area contributed by atoms with E-state index in [9.17, 15) is 13.3 Å². The van der Waals surface area contributed by atoms with Gasteiger partial charge in [0.25, 0.3) is 0 Å². The molecule has 1 aliphatic rings. The molecule has 0 spiro atoms. The first-order chi connectivity index (χ1) is 11.5. The average molecular weight is 403 g/mol. The molecular weight excluding hydrogens is 386 g/mol. The summed E-state index contributed by atoms with van der Waals surface area (Å²) in [6.07, 6.45) is 0. The zero-order valence-electron chi connectivity index (χ0n) is 13.9. The van der Waals surface area contributed by atoms with Gasteiger partial charge in [-0.1, -0.05) is 11.6 Å². The second-order valence-electron chi connectivity index (χ2n) is 6.78. The van der Waals surface area contributed by atoms with Gasteiger partial charge in [0.15, 0.2) is 10.6 Å². The Morgan fingerprint density at radius 3 is 2.36 bits per heavy atom. The summed E-state index contributed by atoms with van der Waals surface area (Å²) < 4.78 is 38.8. The van der Waals surface area contributed by atoms with Crippen LogP contribution in [-0.4, -0.2) is 20.9 Å². The van der Waals surface area contributed by atoms with Gasteiger partial charge in [-0.2, -0.15) is 0 Å². The molecule has 25 heavy (non-hydrogen) atoms. The maximum Gasteiger partial charge on any atom is 0.176 e. The highest BCUT2D eigenvalue weighted by Gasteiger charge is 2.50. The van der Waals surface area contributed by atoms with E-state index in [0.717, 1.165) is 6.07 Å². The molecule has 2 aromatic rings. The second-order valence-corrected chi connectivity index (χ2v) is 10.2. The predicted molar refractivity (Wildman–Crippen MR) is 100.0 cm³/mol. The summed E-state index contributed by atoms with van der Waals surface area (Å²) in [7, 11) is 0. The van der Waals surface area contributed by atoms with E-state index in [2.05, 4.69) is 5.32 Å². The quantitative estimate of drug-likeness (QED) is 0.717. The molecule has 1 saturated heterocycles. The van der Waals surface area contributed by atoms with Gasteiger partial charge in [-0.25, -0.2) is 8.78 Å². The number of hydrogen-bond acceptors (Lipinski definition) is 3. The lowest BCUT2D eigenvalue weighted by molar-refractivity contribution is 0.449. The molecule has 8 heteroatoms. The van der Waals surface area contributed by atoms with Gasteiger partial charge >= 0.3 is 0 Å². The number of hydrogen-bond donors (Lipinski definition) is 2. The molecule has 3 nitrogen and oxygen atoms in total. The van der Waals surface area contributed by atoms with E-state index in [-0.39, 0.29) is 5.84 Å². The summed E-state index contributed by atoms with van der Waals surface area (Å²) >= 11 is 6.40. The lowest BCUT2D eigenvalue weighted by atomic mass is 10.00. The highest BCUT2D eigenvalue weighted by Crippen LogP contribution is 2.44. The fourth-order valence-corrected chi connectivity index (χ4v) is 5.83. The molecular formula is C17H17ClF2N2OS2. The fourth-order valence-electron chi connectivity index (χ4n) is 2.72. The molecule has 3 rings (SSSR count). The number of thiophene rings is 1. The van der Waals surface area contributed by atoms with Crippen molar-refractivity contribution in [2.75, 3.05) is 5.75 Å². The van der Waals surface area contributed by atoms with Crippen molar-refractivity contribution in [3.05, 3.63) is 45.8 Å². The minimum atomic E-state index is -1.26. The number of halogens is 3. The molecule has 1 aliphatic heterocycles. The van der Waals surface area contributed by atoms with Gasteiger partial charge < -0.3 is 9.87 Å². The maximum atomic E-state index is 13.5.